The van der Waals surface area contributed by atoms with E-state index in [1.165, 1.54) is 9.75 Å². The number of hydrogen-bond donors (Lipinski definition) is 1. The van der Waals surface area contributed by atoms with Crippen LogP contribution in [0.4, 0.5) is 5.69 Å². The highest BCUT2D eigenvalue weighted by Gasteiger charge is 2.10. The number of aryl methyl sites for hydroxylation is 1. The minimum absolute atomic E-state index is 0.291. The first-order valence-electron chi connectivity index (χ1n) is 6.10. The molecule has 0 aliphatic rings. The van der Waals surface area contributed by atoms with Crippen molar-refractivity contribution in [1.29, 1.82) is 5.26 Å². The summed E-state index contributed by atoms with van der Waals surface area (Å²) in [6.07, 6.45) is 0.968. The van der Waals surface area contributed by atoms with Crippen molar-refractivity contribution in [3.63, 3.8) is 0 Å². The normalized spacial score (nSPS) is 11.9. The molecule has 1 aromatic carbocycles. The zero-order valence-corrected chi connectivity index (χ0v) is 13.3. The Morgan fingerprint density at radius 1 is 1.37 bits per heavy atom. The molecule has 2 aromatic rings. The number of anilines is 1. The molecule has 19 heavy (non-hydrogen) atoms. The minimum Gasteiger partial charge on any atom is -0.381 e. The van der Waals surface area contributed by atoms with Crippen LogP contribution in [0.5, 0.6) is 0 Å². The Morgan fingerprint density at radius 3 is 2.79 bits per heavy atom. The van der Waals surface area contributed by atoms with Crippen molar-refractivity contribution in [1.82, 2.24) is 0 Å². The lowest BCUT2D eigenvalue weighted by Crippen LogP contribution is -2.18. The van der Waals surface area contributed by atoms with Crippen molar-refractivity contribution in [3.05, 3.63) is 50.1 Å². The van der Waals surface area contributed by atoms with Crippen molar-refractivity contribution in [2.24, 2.45) is 0 Å². The van der Waals surface area contributed by atoms with Gasteiger partial charge in [0.05, 0.1) is 11.3 Å². The summed E-state index contributed by atoms with van der Waals surface area (Å²) in [6, 6.07) is 12.6. The summed E-state index contributed by atoms with van der Waals surface area (Å²) >= 11 is 5.23. The molecule has 0 spiro atoms. The molecule has 0 fully saturated rings. The van der Waals surface area contributed by atoms with E-state index in [2.05, 4.69) is 53.3 Å². The van der Waals surface area contributed by atoms with E-state index in [0.29, 0.717) is 11.6 Å². The molecule has 0 radical (unpaired) electrons. The summed E-state index contributed by atoms with van der Waals surface area (Å²) in [5.41, 5.74) is 1.55. The van der Waals surface area contributed by atoms with Gasteiger partial charge in [0.2, 0.25) is 0 Å². The molecule has 0 aliphatic heterocycles. The molecular formula is C15H15BrN2S. The van der Waals surface area contributed by atoms with Crippen molar-refractivity contribution in [3.8, 4) is 6.07 Å². The minimum atomic E-state index is 0.291. The second kappa shape index (κ2) is 6.23. The Labute approximate surface area is 126 Å². The summed E-state index contributed by atoms with van der Waals surface area (Å²) in [5.74, 6) is 0. The number of halogens is 1. The zero-order chi connectivity index (χ0) is 13.8. The Hall–Kier alpha value is -1.31. The van der Waals surface area contributed by atoms with Gasteiger partial charge in [-0.05, 0) is 54.0 Å². The van der Waals surface area contributed by atoms with E-state index in [9.17, 15) is 5.26 Å². The van der Waals surface area contributed by atoms with Crippen molar-refractivity contribution < 1.29 is 0 Å². The molecule has 98 valence electrons. The van der Waals surface area contributed by atoms with Crippen LogP contribution in [0.2, 0.25) is 0 Å². The summed E-state index contributed by atoms with van der Waals surface area (Å²) in [4.78, 5) is 2.70. The van der Waals surface area contributed by atoms with Gasteiger partial charge < -0.3 is 5.32 Å². The maximum atomic E-state index is 9.19. The van der Waals surface area contributed by atoms with Gasteiger partial charge in [0.25, 0.3) is 0 Å². The largest absolute Gasteiger partial charge is 0.381 e. The van der Waals surface area contributed by atoms with E-state index < -0.39 is 0 Å². The van der Waals surface area contributed by atoms with Crippen LogP contribution in [-0.4, -0.2) is 6.04 Å². The predicted octanol–water partition coefficient (Wildman–Crippen LogP) is 4.73. The van der Waals surface area contributed by atoms with Gasteiger partial charge in [0.15, 0.2) is 0 Å². The van der Waals surface area contributed by atoms with E-state index in [1.807, 2.05) is 29.5 Å². The van der Waals surface area contributed by atoms with Gasteiger partial charge in [-0.25, -0.2) is 0 Å². The number of rotatable bonds is 4. The molecule has 1 unspecified atom stereocenters. The number of hydrogen-bond acceptors (Lipinski definition) is 3. The predicted molar refractivity (Wildman–Crippen MR) is 84.7 cm³/mol. The maximum absolute atomic E-state index is 9.19. The molecule has 1 aromatic heterocycles. The van der Waals surface area contributed by atoms with Crippen LogP contribution >= 0.6 is 27.3 Å². The van der Waals surface area contributed by atoms with Crippen LogP contribution in [0.3, 0.4) is 0 Å². The summed E-state index contributed by atoms with van der Waals surface area (Å²) in [5, 5.41) is 12.6. The summed E-state index contributed by atoms with van der Waals surface area (Å²) < 4.78 is 0.833. The van der Waals surface area contributed by atoms with Gasteiger partial charge in [0.1, 0.15) is 6.07 Å². The lowest BCUT2D eigenvalue weighted by molar-refractivity contribution is 0.800. The van der Waals surface area contributed by atoms with E-state index in [0.717, 1.165) is 16.6 Å². The van der Waals surface area contributed by atoms with Crippen LogP contribution in [0.1, 0.15) is 22.2 Å². The van der Waals surface area contributed by atoms with E-state index in [4.69, 9.17) is 0 Å². The average Bonchev–Trinajstić information content (AvgIpc) is 2.75. The average molecular weight is 335 g/mol. The molecule has 0 aliphatic carbocycles. The lowest BCUT2D eigenvalue weighted by Gasteiger charge is -2.16. The Morgan fingerprint density at radius 2 is 2.16 bits per heavy atom. The fourth-order valence-electron chi connectivity index (χ4n) is 1.97. The second-order valence-electron chi connectivity index (χ2n) is 4.54. The number of nitrogens with one attached hydrogen (secondary N) is 1. The fourth-order valence-corrected chi connectivity index (χ4v) is 3.45. The van der Waals surface area contributed by atoms with Crippen LogP contribution in [0.25, 0.3) is 0 Å². The van der Waals surface area contributed by atoms with Gasteiger partial charge in [0, 0.05) is 26.7 Å². The van der Waals surface area contributed by atoms with Gasteiger partial charge in [-0.3, -0.25) is 0 Å². The number of nitrogens with zero attached hydrogens (tertiary/aromatic N) is 1. The Balaban J connectivity index is 2.09. The third-order valence-corrected chi connectivity index (χ3v) is 4.51. The zero-order valence-electron chi connectivity index (χ0n) is 10.9. The first-order chi connectivity index (χ1) is 9.10. The molecule has 0 bridgehead atoms. The summed E-state index contributed by atoms with van der Waals surface area (Å²) in [7, 11) is 0. The van der Waals surface area contributed by atoms with Crippen LogP contribution in [-0.2, 0) is 6.42 Å². The molecule has 2 rings (SSSR count). The van der Waals surface area contributed by atoms with Crippen molar-refractivity contribution >= 4 is 33.0 Å². The molecule has 0 saturated heterocycles. The molecule has 0 saturated carbocycles. The number of benzene rings is 1. The SMILES string of the molecule is Cc1ccc(CC(C)Nc2cccc(Br)c2C#N)s1. The van der Waals surface area contributed by atoms with Crippen LogP contribution in [0, 0.1) is 18.3 Å². The molecule has 1 N–H and O–H groups in total. The fraction of sp³-hybridized carbons (Fsp3) is 0.267. The highest BCUT2D eigenvalue weighted by molar-refractivity contribution is 9.10. The van der Waals surface area contributed by atoms with Crippen molar-refractivity contribution in [2.75, 3.05) is 5.32 Å². The third-order valence-electron chi connectivity index (χ3n) is 2.83. The highest BCUT2D eigenvalue weighted by Crippen LogP contribution is 2.25. The smallest absolute Gasteiger partial charge is 0.103 e. The number of nitriles is 1. The third kappa shape index (κ3) is 3.59. The first kappa shape index (κ1) is 14.1. The molecule has 2 nitrogen and oxygen atoms in total. The van der Waals surface area contributed by atoms with E-state index >= 15 is 0 Å². The monoisotopic (exact) mass is 334 g/mol. The highest BCUT2D eigenvalue weighted by atomic mass is 79.9. The standard InChI is InChI=1S/C15H15BrN2S/c1-10(8-12-7-6-11(2)19-12)18-15-5-3-4-14(16)13(15)9-17/h3-7,10,18H,8H2,1-2H3. The van der Waals surface area contributed by atoms with Gasteiger partial charge in [-0.15, -0.1) is 11.3 Å². The Bertz CT molecular complexity index is 613. The van der Waals surface area contributed by atoms with E-state index in [1.54, 1.807) is 0 Å². The molecule has 4 heteroatoms. The van der Waals surface area contributed by atoms with E-state index in [-0.39, 0.29) is 0 Å². The maximum Gasteiger partial charge on any atom is 0.103 e. The van der Waals surface area contributed by atoms with Gasteiger partial charge >= 0.3 is 0 Å². The van der Waals surface area contributed by atoms with Crippen LogP contribution in [0.15, 0.2) is 34.8 Å². The topological polar surface area (TPSA) is 35.8 Å². The molecular weight excluding hydrogens is 320 g/mol. The second-order valence-corrected chi connectivity index (χ2v) is 6.76. The Kier molecular flexibility index (Phi) is 4.62. The molecule has 1 atom stereocenters. The quantitative estimate of drug-likeness (QED) is 0.876. The lowest BCUT2D eigenvalue weighted by atomic mass is 10.1. The molecule has 1 heterocycles. The summed E-state index contributed by atoms with van der Waals surface area (Å²) in [6.45, 7) is 4.26. The van der Waals surface area contributed by atoms with Gasteiger partial charge in [-0.2, -0.15) is 5.26 Å². The van der Waals surface area contributed by atoms with Gasteiger partial charge in [-0.1, -0.05) is 6.07 Å². The number of thiophene rings is 1. The molecule has 0 amide bonds. The first-order valence-corrected chi connectivity index (χ1v) is 7.71. The van der Waals surface area contributed by atoms with Crippen molar-refractivity contribution in [2.45, 2.75) is 26.3 Å². The van der Waals surface area contributed by atoms with Crippen LogP contribution < -0.4 is 5.32 Å².